The van der Waals surface area contributed by atoms with Gasteiger partial charge in [0.2, 0.25) is 11.7 Å². The number of nitrogens with one attached hydrogen (secondary N) is 1. The molecule has 2 aromatic carbocycles. The van der Waals surface area contributed by atoms with Crippen LogP contribution < -0.4 is 10.2 Å². The summed E-state index contributed by atoms with van der Waals surface area (Å²) in [5.74, 6) is 1.36. The molecule has 8 heteroatoms. The average Bonchev–Trinajstić information content (AvgIpc) is 3.40. The van der Waals surface area contributed by atoms with Gasteiger partial charge < -0.3 is 14.7 Å². The monoisotopic (exact) mass is 471 g/mol. The molecule has 0 aliphatic carbocycles. The predicted molar refractivity (Wildman–Crippen MR) is 131 cm³/mol. The van der Waals surface area contributed by atoms with Gasteiger partial charge in [0.05, 0.1) is 11.6 Å². The lowest BCUT2D eigenvalue weighted by Gasteiger charge is -2.33. The highest BCUT2D eigenvalue weighted by Crippen LogP contribution is 2.32. The second-order valence-electron chi connectivity index (χ2n) is 8.71. The number of carbonyl (C=O) groups excluding carboxylic acids is 1. The Hall–Kier alpha value is -4.07. The van der Waals surface area contributed by atoms with Gasteiger partial charge in [0, 0.05) is 30.8 Å². The summed E-state index contributed by atoms with van der Waals surface area (Å²) in [5.41, 5.74) is 2.54. The van der Waals surface area contributed by atoms with Crippen LogP contribution in [0.25, 0.3) is 22.8 Å². The van der Waals surface area contributed by atoms with Crippen molar-refractivity contribution in [2.45, 2.75) is 25.8 Å². The number of piperidine rings is 1. The topological polar surface area (TPSA) is 84.2 Å². The van der Waals surface area contributed by atoms with Gasteiger partial charge >= 0.3 is 0 Å². The Morgan fingerprint density at radius 3 is 2.54 bits per heavy atom. The molecule has 0 spiro atoms. The Morgan fingerprint density at radius 1 is 1.06 bits per heavy atom. The Balaban J connectivity index is 1.24. The van der Waals surface area contributed by atoms with Crippen LogP contribution in [0.5, 0.6) is 0 Å². The van der Waals surface area contributed by atoms with Gasteiger partial charge in [0.25, 0.3) is 5.89 Å². The third-order valence-corrected chi connectivity index (χ3v) is 6.37. The van der Waals surface area contributed by atoms with Gasteiger partial charge in [-0.3, -0.25) is 4.79 Å². The predicted octanol–water partition coefficient (Wildman–Crippen LogP) is 5.03. The van der Waals surface area contributed by atoms with Gasteiger partial charge in [-0.2, -0.15) is 4.98 Å². The number of anilines is 1. The number of hydrogen-bond donors (Lipinski definition) is 1. The van der Waals surface area contributed by atoms with E-state index in [9.17, 15) is 9.18 Å². The number of rotatable bonds is 6. The van der Waals surface area contributed by atoms with E-state index in [0.29, 0.717) is 37.6 Å². The van der Waals surface area contributed by atoms with Gasteiger partial charge in [-0.05, 0) is 49.6 Å². The van der Waals surface area contributed by atoms with Gasteiger partial charge in [-0.1, -0.05) is 47.6 Å². The Bertz CT molecular complexity index is 1280. The summed E-state index contributed by atoms with van der Waals surface area (Å²) in [6.07, 6.45) is 3.16. The number of aromatic nitrogens is 3. The number of carbonyl (C=O) groups is 1. The minimum Gasteiger partial charge on any atom is -0.356 e. The van der Waals surface area contributed by atoms with E-state index in [1.165, 1.54) is 12.1 Å². The minimum atomic E-state index is -0.287. The van der Waals surface area contributed by atoms with E-state index in [1.54, 1.807) is 18.3 Å². The molecule has 4 aromatic rings. The van der Waals surface area contributed by atoms with Crippen LogP contribution in [0.2, 0.25) is 0 Å². The average molecular weight is 472 g/mol. The summed E-state index contributed by atoms with van der Waals surface area (Å²) in [4.78, 5) is 24.2. The number of nitrogens with zero attached hydrogens (tertiary/aromatic N) is 4. The number of pyridine rings is 1. The summed E-state index contributed by atoms with van der Waals surface area (Å²) in [6.45, 7) is 3.29. The fourth-order valence-electron chi connectivity index (χ4n) is 4.37. The van der Waals surface area contributed by atoms with Gasteiger partial charge in [0.15, 0.2) is 0 Å². The molecule has 3 heterocycles. The van der Waals surface area contributed by atoms with Crippen molar-refractivity contribution in [3.05, 3.63) is 84.3 Å². The Morgan fingerprint density at radius 2 is 1.80 bits per heavy atom. The van der Waals surface area contributed by atoms with Crippen LogP contribution in [0, 0.1) is 11.7 Å². The molecule has 1 N–H and O–H groups in total. The molecule has 2 aromatic heterocycles. The van der Waals surface area contributed by atoms with Crippen molar-refractivity contribution >= 4 is 11.7 Å². The lowest BCUT2D eigenvalue weighted by atomic mass is 9.95. The van der Waals surface area contributed by atoms with Crippen molar-refractivity contribution in [1.82, 2.24) is 20.4 Å². The van der Waals surface area contributed by atoms with Crippen molar-refractivity contribution in [2.24, 2.45) is 5.92 Å². The zero-order chi connectivity index (χ0) is 24.2. The Kier molecular flexibility index (Phi) is 6.52. The fraction of sp³-hybridized carbons (Fsp3) is 0.259. The van der Waals surface area contributed by atoms with E-state index in [4.69, 9.17) is 4.52 Å². The van der Waals surface area contributed by atoms with Crippen molar-refractivity contribution in [3.8, 4) is 22.8 Å². The lowest BCUT2D eigenvalue weighted by molar-refractivity contribution is -0.126. The SMILES string of the molecule is CC(NC(=O)C1CCN(c2ncccc2-c2nc(-c3ccccc3)no2)CC1)c1ccc(F)cc1. The van der Waals surface area contributed by atoms with Gasteiger partial charge in [-0.15, -0.1) is 0 Å². The highest BCUT2D eigenvalue weighted by Gasteiger charge is 2.28. The van der Waals surface area contributed by atoms with Crippen LogP contribution >= 0.6 is 0 Å². The van der Waals surface area contributed by atoms with Gasteiger partial charge in [0.1, 0.15) is 11.6 Å². The smallest absolute Gasteiger partial charge is 0.261 e. The molecule has 0 radical (unpaired) electrons. The molecule has 35 heavy (non-hydrogen) atoms. The standard InChI is InChI=1S/C27H26FN5O2/c1-18(19-9-11-22(28)12-10-19)30-26(34)21-13-16-33(17-14-21)25-23(8-5-15-29-25)27-31-24(32-35-27)20-6-3-2-4-7-20/h2-12,15,18,21H,13-14,16-17H2,1H3,(H,30,34). The van der Waals surface area contributed by atoms with Crippen molar-refractivity contribution in [2.75, 3.05) is 18.0 Å². The summed E-state index contributed by atoms with van der Waals surface area (Å²) >= 11 is 0. The second-order valence-corrected chi connectivity index (χ2v) is 8.71. The van der Waals surface area contributed by atoms with E-state index in [0.717, 1.165) is 22.5 Å². The fourth-order valence-corrected chi connectivity index (χ4v) is 4.37. The second kappa shape index (κ2) is 10.0. The molecule has 7 nitrogen and oxygen atoms in total. The molecular weight excluding hydrogens is 445 g/mol. The molecule has 0 bridgehead atoms. The molecule has 0 saturated carbocycles. The number of hydrogen-bond acceptors (Lipinski definition) is 6. The van der Waals surface area contributed by atoms with E-state index >= 15 is 0 Å². The van der Waals surface area contributed by atoms with Gasteiger partial charge in [-0.25, -0.2) is 9.37 Å². The summed E-state index contributed by atoms with van der Waals surface area (Å²) < 4.78 is 18.8. The van der Waals surface area contributed by atoms with Crippen LogP contribution in [-0.4, -0.2) is 34.1 Å². The van der Waals surface area contributed by atoms with Crippen LogP contribution in [0.15, 0.2) is 77.4 Å². The maximum absolute atomic E-state index is 13.2. The van der Waals surface area contributed by atoms with Crippen molar-refractivity contribution in [3.63, 3.8) is 0 Å². The molecule has 1 aliphatic heterocycles. The molecule has 1 aliphatic rings. The first-order valence-corrected chi connectivity index (χ1v) is 11.7. The summed E-state index contributed by atoms with van der Waals surface area (Å²) in [6, 6.07) is 19.5. The normalized spacial score (nSPS) is 15.1. The van der Waals surface area contributed by atoms with Crippen molar-refractivity contribution < 1.29 is 13.7 Å². The maximum Gasteiger partial charge on any atom is 0.261 e. The number of amides is 1. The van der Waals surface area contributed by atoms with Crippen LogP contribution in [0.1, 0.15) is 31.4 Å². The summed E-state index contributed by atoms with van der Waals surface area (Å²) in [5, 5.41) is 7.20. The maximum atomic E-state index is 13.2. The third kappa shape index (κ3) is 5.06. The first-order valence-electron chi connectivity index (χ1n) is 11.7. The third-order valence-electron chi connectivity index (χ3n) is 6.37. The first-order chi connectivity index (χ1) is 17.1. The molecule has 178 valence electrons. The lowest BCUT2D eigenvalue weighted by Crippen LogP contribution is -2.41. The van der Waals surface area contributed by atoms with E-state index in [1.807, 2.05) is 49.4 Å². The zero-order valence-corrected chi connectivity index (χ0v) is 19.4. The Labute approximate surface area is 203 Å². The number of halogens is 1. The quantitative estimate of drug-likeness (QED) is 0.425. The molecular formula is C27H26FN5O2. The van der Waals surface area contributed by atoms with Crippen LogP contribution in [0.4, 0.5) is 10.2 Å². The first kappa shape index (κ1) is 22.7. The van der Waals surface area contributed by atoms with Crippen LogP contribution in [-0.2, 0) is 4.79 Å². The van der Waals surface area contributed by atoms with E-state index in [-0.39, 0.29) is 23.7 Å². The molecule has 1 atom stereocenters. The molecule has 1 unspecified atom stereocenters. The summed E-state index contributed by atoms with van der Waals surface area (Å²) in [7, 11) is 0. The minimum absolute atomic E-state index is 0.0205. The highest BCUT2D eigenvalue weighted by molar-refractivity contribution is 5.79. The molecule has 1 saturated heterocycles. The van der Waals surface area contributed by atoms with E-state index < -0.39 is 0 Å². The molecule has 1 fully saturated rings. The zero-order valence-electron chi connectivity index (χ0n) is 19.4. The van der Waals surface area contributed by atoms with Crippen molar-refractivity contribution in [1.29, 1.82) is 0 Å². The van der Waals surface area contributed by atoms with E-state index in [2.05, 4.69) is 25.3 Å². The molecule has 1 amide bonds. The van der Waals surface area contributed by atoms with Crippen LogP contribution in [0.3, 0.4) is 0 Å². The highest BCUT2D eigenvalue weighted by atomic mass is 19.1. The largest absolute Gasteiger partial charge is 0.356 e. The molecule has 5 rings (SSSR count). The number of benzene rings is 2.